The van der Waals surface area contributed by atoms with E-state index in [4.69, 9.17) is 16.3 Å². The lowest BCUT2D eigenvalue weighted by Crippen LogP contribution is -2.30. The van der Waals surface area contributed by atoms with Crippen molar-refractivity contribution in [3.8, 4) is 5.75 Å². The normalized spacial score (nSPS) is 14.6. The molecular formula is C23H28ClN7O3. The standard InChI is InChI=1S/C23H28ClN7O3/c1-25-20(32)14-34-19-12-15-11-16(5-6-18(15)30(3)22(19)33)27-21-17(24)13-26-23(28-21)31-8-4-7-29(2)9-10-31/h5-6,11-13H,4,7-10,14H2,1-3H3,(H,25,32)(H,26,27,28). The van der Waals surface area contributed by atoms with Crippen LogP contribution in [0.15, 0.2) is 35.3 Å². The van der Waals surface area contributed by atoms with Crippen LogP contribution >= 0.6 is 11.6 Å². The average molecular weight is 486 g/mol. The number of likely N-dealkylation sites (N-methyl/N-ethyl adjacent to an activating group) is 2. The van der Waals surface area contributed by atoms with Gasteiger partial charge >= 0.3 is 0 Å². The SMILES string of the molecule is CNC(=O)COc1cc2cc(Nc3nc(N4CCCN(C)CC4)ncc3Cl)ccc2n(C)c1=O. The van der Waals surface area contributed by atoms with Crippen molar-refractivity contribution in [2.24, 2.45) is 7.05 Å². The van der Waals surface area contributed by atoms with Gasteiger partial charge in [0.25, 0.3) is 11.5 Å². The Balaban J connectivity index is 1.61. The largest absolute Gasteiger partial charge is 0.478 e. The Kier molecular flexibility index (Phi) is 7.18. The van der Waals surface area contributed by atoms with E-state index in [2.05, 4.69) is 37.4 Å². The molecule has 2 N–H and O–H groups in total. The Labute approximate surface area is 202 Å². The maximum Gasteiger partial charge on any atom is 0.293 e. The van der Waals surface area contributed by atoms with Crippen molar-refractivity contribution in [1.82, 2.24) is 24.8 Å². The zero-order valence-corrected chi connectivity index (χ0v) is 20.2. The number of rotatable bonds is 6. The minimum Gasteiger partial charge on any atom is -0.478 e. The molecule has 1 fully saturated rings. The van der Waals surface area contributed by atoms with Gasteiger partial charge < -0.3 is 29.7 Å². The number of carbonyl (C=O) groups excluding carboxylic acids is 1. The third-order valence-corrected chi connectivity index (χ3v) is 6.10. The molecule has 3 heterocycles. The summed E-state index contributed by atoms with van der Waals surface area (Å²) in [6.07, 6.45) is 2.65. The molecule has 1 aromatic carbocycles. The number of anilines is 3. The van der Waals surface area contributed by atoms with Crippen molar-refractivity contribution in [1.29, 1.82) is 0 Å². The number of pyridine rings is 1. The summed E-state index contributed by atoms with van der Waals surface area (Å²) in [5.41, 5.74) is 1.15. The highest BCUT2D eigenvalue weighted by Gasteiger charge is 2.17. The first-order chi connectivity index (χ1) is 16.4. The summed E-state index contributed by atoms with van der Waals surface area (Å²) in [5.74, 6) is 0.923. The van der Waals surface area contributed by atoms with E-state index in [1.807, 2.05) is 18.2 Å². The van der Waals surface area contributed by atoms with E-state index in [0.29, 0.717) is 16.8 Å². The predicted molar refractivity (Wildman–Crippen MR) is 133 cm³/mol. The molecule has 34 heavy (non-hydrogen) atoms. The van der Waals surface area contributed by atoms with Gasteiger partial charge in [0, 0.05) is 44.8 Å². The lowest BCUT2D eigenvalue weighted by molar-refractivity contribution is -0.122. The smallest absolute Gasteiger partial charge is 0.293 e. The van der Waals surface area contributed by atoms with E-state index >= 15 is 0 Å². The van der Waals surface area contributed by atoms with Crippen molar-refractivity contribution in [3.05, 3.63) is 45.8 Å². The Morgan fingerprint density at radius 3 is 2.79 bits per heavy atom. The molecule has 1 amide bonds. The summed E-state index contributed by atoms with van der Waals surface area (Å²) in [5, 5.41) is 6.91. The first-order valence-electron chi connectivity index (χ1n) is 11.1. The molecule has 1 aliphatic rings. The fourth-order valence-electron chi connectivity index (χ4n) is 3.83. The van der Waals surface area contributed by atoms with Gasteiger partial charge in [0.05, 0.1) is 11.7 Å². The van der Waals surface area contributed by atoms with Crippen LogP contribution in [-0.4, -0.2) is 72.2 Å². The molecule has 0 bridgehead atoms. The maximum absolute atomic E-state index is 12.6. The summed E-state index contributed by atoms with van der Waals surface area (Å²) < 4.78 is 6.93. The molecule has 3 aromatic rings. The van der Waals surface area contributed by atoms with Gasteiger partial charge in [0.15, 0.2) is 18.2 Å². The third kappa shape index (κ3) is 5.23. The number of fused-ring (bicyclic) bond motifs is 1. The number of benzene rings is 1. The second kappa shape index (κ2) is 10.3. The topological polar surface area (TPSA) is 105 Å². The van der Waals surface area contributed by atoms with Crippen molar-refractivity contribution < 1.29 is 9.53 Å². The summed E-state index contributed by atoms with van der Waals surface area (Å²) in [4.78, 5) is 37.7. The Hall–Kier alpha value is -3.37. The molecule has 2 aromatic heterocycles. The van der Waals surface area contributed by atoms with Crippen LogP contribution in [0.3, 0.4) is 0 Å². The van der Waals surface area contributed by atoms with E-state index in [0.717, 1.165) is 49.2 Å². The molecule has 0 aliphatic carbocycles. The zero-order valence-electron chi connectivity index (χ0n) is 19.5. The second-order valence-electron chi connectivity index (χ2n) is 8.24. The van der Waals surface area contributed by atoms with Crippen LogP contribution < -0.4 is 25.8 Å². The number of hydrogen-bond acceptors (Lipinski definition) is 8. The van der Waals surface area contributed by atoms with Crippen molar-refractivity contribution in [3.63, 3.8) is 0 Å². The first-order valence-corrected chi connectivity index (χ1v) is 11.4. The number of hydrogen-bond donors (Lipinski definition) is 2. The Morgan fingerprint density at radius 1 is 1.18 bits per heavy atom. The van der Waals surface area contributed by atoms with Crippen LogP contribution in [0, 0.1) is 0 Å². The molecule has 0 unspecified atom stereocenters. The molecular weight excluding hydrogens is 458 g/mol. The number of amides is 1. The van der Waals surface area contributed by atoms with Crippen LogP contribution in [0.5, 0.6) is 5.75 Å². The van der Waals surface area contributed by atoms with Crippen LogP contribution in [0.2, 0.25) is 5.02 Å². The Bertz CT molecular complexity index is 1260. The van der Waals surface area contributed by atoms with E-state index in [9.17, 15) is 9.59 Å². The van der Waals surface area contributed by atoms with Gasteiger partial charge in [0.2, 0.25) is 5.95 Å². The molecule has 1 aliphatic heterocycles. The van der Waals surface area contributed by atoms with Crippen LogP contribution in [0.25, 0.3) is 10.9 Å². The number of aryl methyl sites for hydroxylation is 1. The van der Waals surface area contributed by atoms with E-state index in [-0.39, 0.29) is 23.8 Å². The number of carbonyl (C=O) groups is 1. The molecule has 180 valence electrons. The lowest BCUT2D eigenvalue weighted by atomic mass is 10.2. The summed E-state index contributed by atoms with van der Waals surface area (Å²) in [7, 11) is 5.29. The van der Waals surface area contributed by atoms with Crippen molar-refractivity contribution >= 4 is 45.9 Å². The fraction of sp³-hybridized carbons (Fsp3) is 0.391. The number of ether oxygens (including phenoxy) is 1. The van der Waals surface area contributed by atoms with E-state index < -0.39 is 0 Å². The van der Waals surface area contributed by atoms with Gasteiger partial charge in [-0.1, -0.05) is 11.6 Å². The van der Waals surface area contributed by atoms with E-state index in [1.54, 1.807) is 19.3 Å². The van der Waals surface area contributed by atoms with Gasteiger partial charge in [-0.25, -0.2) is 4.98 Å². The molecule has 11 heteroatoms. The van der Waals surface area contributed by atoms with Gasteiger partial charge in [-0.15, -0.1) is 0 Å². The summed E-state index contributed by atoms with van der Waals surface area (Å²) in [6.45, 7) is 3.49. The van der Waals surface area contributed by atoms with Gasteiger partial charge in [-0.05, 0) is 44.3 Å². The predicted octanol–water partition coefficient (Wildman–Crippen LogP) is 1.99. The number of nitrogens with zero attached hydrogens (tertiary/aromatic N) is 5. The second-order valence-corrected chi connectivity index (χ2v) is 8.65. The highest BCUT2D eigenvalue weighted by atomic mass is 35.5. The maximum atomic E-state index is 12.6. The zero-order chi connectivity index (χ0) is 24.2. The number of halogens is 1. The first kappa shape index (κ1) is 23.8. The fourth-order valence-corrected chi connectivity index (χ4v) is 3.97. The van der Waals surface area contributed by atoms with Gasteiger partial charge in [-0.3, -0.25) is 9.59 Å². The average Bonchev–Trinajstić information content (AvgIpc) is 3.06. The molecule has 0 saturated carbocycles. The molecule has 0 atom stereocenters. The highest BCUT2D eigenvalue weighted by molar-refractivity contribution is 6.32. The minimum atomic E-state index is -0.317. The van der Waals surface area contributed by atoms with Gasteiger partial charge in [0.1, 0.15) is 5.02 Å². The van der Waals surface area contributed by atoms with Crippen LogP contribution in [0.4, 0.5) is 17.5 Å². The van der Waals surface area contributed by atoms with Crippen LogP contribution in [-0.2, 0) is 11.8 Å². The molecule has 0 radical (unpaired) electrons. The molecule has 1 saturated heterocycles. The van der Waals surface area contributed by atoms with Crippen molar-refractivity contribution in [2.45, 2.75) is 6.42 Å². The quantitative estimate of drug-likeness (QED) is 0.546. The van der Waals surface area contributed by atoms with Crippen LogP contribution in [0.1, 0.15) is 6.42 Å². The third-order valence-electron chi connectivity index (χ3n) is 5.82. The highest BCUT2D eigenvalue weighted by Crippen LogP contribution is 2.28. The Morgan fingerprint density at radius 2 is 2.00 bits per heavy atom. The molecule has 0 spiro atoms. The monoisotopic (exact) mass is 485 g/mol. The number of aromatic nitrogens is 3. The van der Waals surface area contributed by atoms with E-state index in [1.165, 1.54) is 11.6 Å². The van der Waals surface area contributed by atoms with Gasteiger partial charge in [-0.2, -0.15) is 4.98 Å². The summed E-state index contributed by atoms with van der Waals surface area (Å²) in [6, 6.07) is 7.20. The molecule has 10 nitrogen and oxygen atoms in total. The summed E-state index contributed by atoms with van der Waals surface area (Å²) >= 11 is 6.40. The lowest BCUT2D eigenvalue weighted by Gasteiger charge is -2.21. The number of nitrogens with one attached hydrogen (secondary N) is 2. The van der Waals surface area contributed by atoms with Crippen molar-refractivity contribution in [2.75, 3.05) is 57.1 Å². The molecule has 4 rings (SSSR count). The minimum absolute atomic E-state index is 0.101.